The van der Waals surface area contributed by atoms with E-state index in [1.807, 2.05) is 0 Å². The van der Waals surface area contributed by atoms with Crippen molar-refractivity contribution in [3.63, 3.8) is 0 Å². The third-order valence-corrected chi connectivity index (χ3v) is 27.5. The molecule has 0 radical (unpaired) electrons. The van der Waals surface area contributed by atoms with Crippen LogP contribution in [0.3, 0.4) is 0 Å². The molecule has 16 rings (SSSR count). The van der Waals surface area contributed by atoms with Gasteiger partial charge in [0.15, 0.2) is 0 Å². The van der Waals surface area contributed by atoms with Gasteiger partial charge in [-0.05, 0) is 271 Å². The zero-order valence-electron chi connectivity index (χ0n) is 83.2. The minimum absolute atomic E-state index is 0.0162. The summed E-state index contributed by atoms with van der Waals surface area (Å²) in [7, 11) is 0. The molecular weight excluding hydrogens is 1540 g/mol. The summed E-state index contributed by atoms with van der Waals surface area (Å²) >= 11 is 0. The lowest BCUT2D eigenvalue weighted by atomic mass is 9.79. The molecule has 656 valence electrons. The van der Waals surface area contributed by atoms with Crippen LogP contribution in [0, 0.1) is 0 Å². The molecule has 0 saturated carbocycles. The predicted octanol–water partition coefficient (Wildman–Crippen LogP) is 36.6. The van der Waals surface area contributed by atoms with Crippen LogP contribution in [0.25, 0.3) is 89.0 Å². The largest absolute Gasteiger partial charge is 0.310 e. The van der Waals surface area contributed by atoms with Crippen LogP contribution < -0.4 is 9.80 Å². The first-order chi connectivity index (χ1) is 59.6. The predicted molar refractivity (Wildman–Crippen MR) is 558 cm³/mol. The molecule has 14 aromatic rings. The van der Waals surface area contributed by atoms with Gasteiger partial charge < -0.3 is 9.80 Å². The fraction of sp³-hybridized carbons (Fsp3) is 0.333. The summed E-state index contributed by atoms with van der Waals surface area (Å²) in [5, 5.41) is 0. The van der Waals surface area contributed by atoms with Crippen LogP contribution in [0.1, 0.15) is 287 Å². The highest BCUT2D eigenvalue weighted by Gasteiger charge is 2.39. The minimum Gasteiger partial charge on any atom is -0.310 e. The maximum Gasteiger partial charge on any atom is 0.0540 e. The first-order valence-electron chi connectivity index (χ1n) is 47.0. The second-order valence-corrected chi connectivity index (χ2v) is 47.5. The molecule has 0 N–H and O–H groups in total. The SMILES string of the molecule is CC(C)(C)c1cc(-c2ccc(-c3cc(C(C)(C)C)cc(C(C)(C)C)c3)cc2)cc(N(c2cccc(-c3cc(C(C)(C)C)cc(C(C)(C)C)c3)c2)c2ccc3c(c2)C(C)(C)c2ccccc2-3)c1.CC(C)(C)c1ccc(-c2ccccc2N(c2cc(-c3ccc(-c4cc(C(C)(C)C)cc(C(C)(C)C)c4)cc3)cc(C(C)(C)C)c2)c2ccc3c(c2)C(C)(C)c2ccccc2-3)cc1. The first-order valence-corrected chi connectivity index (χ1v) is 47.0. The monoisotopic (exact) mass is 1680 g/mol. The standard InChI is InChI=1S/C65H75N.C61H67N/c1-60(2,3)48-31-45(32-49(38-48)61(4,5)6)42-25-27-43(28-26-42)47-35-52(64(13,14)15)40-55(37-47)66(54-29-30-57-56-23-18-19-24-58(56)65(16,17)59(57)41-54)53-22-20-21-44(36-53)46-33-50(62(7,8)9)39-51(34-46)63(10,11)12;1-57(2,3)45-29-27-42(28-30-45)51-19-16-18-22-56(51)62(49-31-32-53-52-20-15-17-21-54(52)61(13,14)55(53)39-49)50-36-44(35-48(38-50)60(10,11)12)41-25-23-40(24-26-41)43-33-46(58(4,5)6)37-47(34-43)59(7,8)9/h18-41H,1-17H3;15-39H,1-14H3. The van der Waals surface area contributed by atoms with Gasteiger partial charge in [0.05, 0.1) is 5.69 Å². The molecule has 128 heavy (non-hydrogen) atoms. The van der Waals surface area contributed by atoms with Gasteiger partial charge in [-0.3, -0.25) is 0 Å². The van der Waals surface area contributed by atoms with E-state index < -0.39 is 0 Å². The Morgan fingerprint density at radius 3 is 0.758 bits per heavy atom. The lowest BCUT2D eigenvalue weighted by molar-refractivity contribution is 0.568. The summed E-state index contributed by atoms with van der Waals surface area (Å²) in [5.41, 5.74) is 44.5. The Kier molecular flexibility index (Phi) is 23.6. The molecule has 0 saturated heterocycles. The van der Waals surface area contributed by atoms with E-state index in [2.05, 4.69) is 522 Å². The normalized spacial score (nSPS) is 13.9. The quantitative estimate of drug-likeness (QED) is 0.120. The maximum absolute atomic E-state index is 2.52. The Labute approximate surface area is 771 Å². The second-order valence-electron chi connectivity index (χ2n) is 47.5. The molecule has 2 nitrogen and oxygen atoms in total. The number of hydrogen-bond donors (Lipinski definition) is 0. The molecule has 0 bridgehead atoms. The van der Waals surface area contributed by atoms with Crippen molar-refractivity contribution in [1.82, 2.24) is 0 Å². The van der Waals surface area contributed by atoms with E-state index in [9.17, 15) is 0 Å². The molecule has 0 atom stereocenters. The van der Waals surface area contributed by atoms with Gasteiger partial charge in [0, 0.05) is 44.8 Å². The Bertz CT molecular complexity index is 6400. The van der Waals surface area contributed by atoms with Crippen molar-refractivity contribution in [2.75, 3.05) is 9.80 Å². The van der Waals surface area contributed by atoms with E-state index in [1.165, 1.54) is 161 Å². The van der Waals surface area contributed by atoms with Crippen LogP contribution in [0.15, 0.2) is 297 Å². The number of hydrogen-bond acceptors (Lipinski definition) is 2. The second kappa shape index (κ2) is 33.0. The van der Waals surface area contributed by atoms with Gasteiger partial charge in [-0.2, -0.15) is 0 Å². The van der Waals surface area contributed by atoms with Gasteiger partial charge in [0.1, 0.15) is 0 Å². The Morgan fingerprint density at radius 2 is 0.414 bits per heavy atom. The molecule has 0 spiro atoms. The smallest absolute Gasteiger partial charge is 0.0540 e. The lowest BCUT2D eigenvalue weighted by Crippen LogP contribution is -2.18. The summed E-state index contributed by atoms with van der Waals surface area (Å²) in [4.78, 5) is 5.03. The van der Waals surface area contributed by atoms with Crippen molar-refractivity contribution in [2.24, 2.45) is 0 Å². The zero-order valence-corrected chi connectivity index (χ0v) is 83.2. The highest BCUT2D eigenvalue weighted by Crippen LogP contribution is 2.55. The molecular formula is C126H142N2. The van der Waals surface area contributed by atoms with E-state index >= 15 is 0 Å². The minimum atomic E-state index is -0.133. The van der Waals surface area contributed by atoms with Gasteiger partial charge in [-0.1, -0.05) is 445 Å². The fourth-order valence-corrected chi connectivity index (χ4v) is 18.8. The van der Waals surface area contributed by atoms with Crippen molar-refractivity contribution in [3.8, 4) is 89.0 Å². The van der Waals surface area contributed by atoms with Crippen LogP contribution in [0.5, 0.6) is 0 Å². The van der Waals surface area contributed by atoms with Gasteiger partial charge in [0.25, 0.3) is 0 Å². The number of anilines is 6. The molecule has 2 aliphatic carbocycles. The topological polar surface area (TPSA) is 6.48 Å². The zero-order chi connectivity index (χ0) is 92.5. The van der Waals surface area contributed by atoms with Crippen LogP contribution in [0.4, 0.5) is 34.1 Å². The van der Waals surface area contributed by atoms with Crippen molar-refractivity contribution in [1.29, 1.82) is 0 Å². The van der Waals surface area contributed by atoms with E-state index in [0.29, 0.717) is 0 Å². The number of benzene rings is 14. The van der Waals surface area contributed by atoms with E-state index in [1.54, 1.807) is 0 Å². The number of para-hydroxylation sites is 1. The summed E-state index contributed by atoms with van der Waals surface area (Å²) in [5.74, 6) is 0. The molecule has 0 aliphatic heterocycles. The summed E-state index contributed by atoms with van der Waals surface area (Å²) < 4.78 is 0. The highest BCUT2D eigenvalue weighted by molar-refractivity contribution is 5.93. The van der Waals surface area contributed by atoms with E-state index in [0.717, 1.165) is 34.1 Å². The highest BCUT2D eigenvalue weighted by atomic mass is 15.2. The van der Waals surface area contributed by atoms with E-state index in [4.69, 9.17) is 0 Å². The Balaban J connectivity index is 0.000000197. The number of fused-ring (bicyclic) bond motifs is 6. The first kappa shape index (κ1) is 91.4. The van der Waals surface area contributed by atoms with Gasteiger partial charge >= 0.3 is 0 Å². The fourth-order valence-electron chi connectivity index (χ4n) is 18.8. The lowest BCUT2D eigenvalue weighted by Gasteiger charge is -2.32. The molecule has 2 heteroatoms. The van der Waals surface area contributed by atoms with Crippen LogP contribution in [-0.2, 0) is 59.6 Å². The molecule has 0 amide bonds. The molecule has 14 aromatic carbocycles. The van der Waals surface area contributed by atoms with Crippen molar-refractivity contribution in [3.05, 3.63) is 370 Å². The molecule has 0 aromatic heterocycles. The molecule has 0 unspecified atom stereocenters. The van der Waals surface area contributed by atoms with Crippen molar-refractivity contribution >= 4 is 34.1 Å². The van der Waals surface area contributed by atoms with E-state index in [-0.39, 0.29) is 59.6 Å². The number of rotatable bonds is 12. The average molecular weight is 1680 g/mol. The Hall–Kier alpha value is -11.3. The summed E-state index contributed by atoms with van der Waals surface area (Å²) in [6.07, 6.45) is 0. The molecule has 0 heterocycles. The van der Waals surface area contributed by atoms with Gasteiger partial charge in [-0.25, -0.2) is 0 Å². The molecule has 0 fully saturated rings. The van der Waals surface area contributed by atoms with Crippen LogP contribution in [-0.4, -0.2) is 0 Å². The van der Waals surface area contributed by atoms with Crippen molar-refractivity contribution in [2.45, 2.75) is 274 Å². The van der Waals surface area contributed by atoms with Gasteiger partial charge in [-0.15, -0.1) is 0 Å². The van der Waals surface area contributed by atoms with Crippen molar-refractivity contribution < 1.29 is 0 Å². The summed E-state index contributed by atoms with van der Waals surface area (Å²) in [6.45, 7) is 72.1. The van der Waals surface area contributed by atoms with Crippen LogP contribution in [0.2, 0.25) is 0 Å². The third kappa shape index (κ3) is 18.7. The maximum atomic E-state index is 2.52. The Morgan fingerprint density at radius 1 is 0.156 bits per heavy atom. The van der Waals surface area contributed by atoms with Crippen LogP contribution >= 0.6 is 0 Å². The summed E-state index contributed by atoms with van der Waals surface area (Å²) in [6, 6.07) is 114. The molecule has 2 aliphatic rings. The average Bonchev–Trinajstić information content (AvgIpc) is 1.58. The van der Waals surface area contributed by atoms with Gasteiger partial charge in [0.2, 0.25) is 0 Å². The third-order valence-electron chi connectivity index (χ3n) is 27.5. The number of nitrogens with zero attached hydrogens (tertiary/aromatic N) is 2.